The standard InChI is InChI=1S/C11H13N3O2S/c1-6(2)10-13-14-11(17-10)12-9(15)8-4-5-16-7(8)3/h4-6H,1-3H3,(H,12,14,15). The molecule has 0 aliphatic heterocycles. The third-order valence-electron chi connectivity index (χ3n) is 2.26. The molecule has 90 valence electrons. The molecule has 2 aromatic rings. The molecule has 17 heavy (non-hydrogen) atoms. The highest BCUT2D eigenvalue weighted by molar-refractivity contribution is 7.15. The van der Waals surface area contributed by atoms with Gasteiger partial charge in [-0.15, -0.1) is 10.2 Å². The van der Waals surface area contributed by atoms with E-state index >= 15 is 0 Å². The Bertz CT molecular complexity index is 530. The molecule has 2 heterocycles. The van der Waals surface area contributed by atoms with Crippen LogP contribution in [0, 0.1) is 6.92 Å². The second-order valence-corrected chi connectivity index (χ2v) is 4.95. The number of nitrogens with zero attached hydrogens (tertiary/aromatic N) is 2. The summed E-state index contributed by atoms with van der Waals surface area (Å²) in [4.78, 5) is 11.8. The van der Waals surface area contributed by atoms with Crippen molar-refractivity contribution in [2.24, 2.45) is 0 Å². The van der Waals surface area contributed by atoms with Crippen LogP contribution >= 0.6 is 11.3 Å². The maximum absolute atomic E-state index is 11.8. The van der Waals surface area contributed by atoms with Crippen LogP contribution in [0.2, 0.25) is 0 Å². The van der Waals surface area contributed by atoms with E-state index in [0.717, 1.165) is 5.01 Å². The molecular formula is C11H13N3O2S. The van der Waals surface area contributed by atoms with Crippen molar-refractivity contribution in [3.05, 3.63) is 28.7 Å². The maximum atomic E-state index is 11.8. The van der Waals surface area contributed by atoms with Gasteiger partial charge in [-0.05, 0) is 13.0 Å². The van der Waals surface area contributed by atoms with Crippen LogP contribution in [0.15, 0.2) is 16.7 Å². The number of carbonyl (C=O) groups excluding carboxylic acids is 1. The minimum absolute atomic E-state index is 0.220. The summed E-state index contributed by atoms with van der Waals surface area (Å²) in [6.07, 6.45) is 1.49. The highest BCUT2D eigenvalue weighted by Gasteiger charge is 2.14. The SMILES string of the molecule is Cc1occc1C(=O)Nc1nnc(C(C)C)s1. The summed E-state index contributed by atoms with van der Waals surface area (Å²) in [6, 6.07) is 1.63. The molecule has 0 spiro atoms. The van der Waals surface area contributed by atoms with Crippen LogP contribution in [0.5, 0.6) is 0 Å². The lowest BCUT2D eigenvalue weighted by molar-refractivity contribution is 0.102. The van der Waals surface area contributed by atoms with Crippen LogP contribution in [0.4, 0.5) is 5.13 Å². The van der Waals surface area contributed by atoms with Gasteiger partial charge in [0.25, 0.3) is 5.91 Å². The second-order valence-electron chi connectivity index (χ2n) is 3.94. The maximum Gasteiger partial charge on any atom is 0.261 e. The van der Waals surface area contributed by atoms with Crippen molar-refractivity contribution in [1.82, 2.24) is 10.2 Å². The number of hydrogen-bond acceptors (Lipinski definition) is 5. The van der Waals surface area contributed by atoms with Gasteiger partial charge in [0, 0.05) is 5.92 Å². The number of amides is 1. The van der Waals surface area contributed by atoms with Crippen LogP contribution in [0.3, 0.4) is 0 Å². The molecule has 2 aromatic heterocycles. The lowest BCUT2D eigenvalue weighted by Crippen LogP contribution is -2.11. The third-order valence-corrected chi connectivity index (χ3v) is 3.40. The molecule has 2 rings (SSSR count). The fourth-order valence-electron chi connectivity index (χ4n) is 1.30. The molecule has 0 aliphatic rings. The zero-order chi connectivity index (χ0) is 12.4. The summed E-state index contributed by atoms with van der Waals surface area (Å²) in [5.41, 5.74) is 0.520. The molecule has 0 radical (unpaired) electrons. The van der Waals surface area contributed by atoms with E-state index in [1.807, 2.05) is 13.8 Å². The van der Waals surface area contributed by atoms with E-state index in [1.54, 1.807) is 13.0 Å². The zero-order valence-electron chi connectivity index (χ0n) is 9.85. The molecule has 1 N–H and O–H groups in total. The predicted octanol–water partition coefficient (Wildman–Crippen LogP) is 2.82. The van der Waals surface area contributed by atoms with E-state index in [2.05, 4.69) is 15.5 Å². The van der Waals surface area contributed by atoms with Crippen molar-refractivity contribution in [3.63, 3.8) is 0 Å². The molecule has 0 saturated carbocycles. The summed E-state index contributed by atoms with van der Waals surface area (Å²) >= 11 is 1.39. The average molecular weight is 251 g/mol. The Labute approximate surface area is 103 Å². The number of anilines is 1. The highest BCUT2D eigenvalue weighted by atomic mass is 32.1. The van der Waals surface area contributed by atoms with Gasteiger partial charge in [-0.25, -0.2) is 0 Å². The van der Waals surface area contributed by atoms with Crippen molar-refractivity contribution >= 4 is 22.4 Å². The topological polar surface area (TPSA) is 68.0 Å². The number of rotatable bonds is 3. The lowest BCUT2D eigenvalue weighted by Gasteiger charge is -1.98. The van der Waals surface area contributed by atoms with Crippen molar-refractivity contribution < 1.29 is 9.21 Å². The molecule has 0 saturated heterocycles. The number of nitrogens with one attached hydrogen (secondary N) is 1. The molecule has 0 bridgehead atoms. The first kappa shape index (κ1) is 11.8. The van der Waals surface area contributed by atoms with Gasteiger partial charge in [0.05, 0.1) is 11.8 Å². The summed E-state index contributed by atoms with van der Waals surface area (Å²) in [7, 11) is 0. The fraction of sp³-hybridized carbons (Fsp3) is 0.364. The molecule has 6 heteroatoms. The van der Waals surface area contributed by atoms with E-state index in [0.29, 0.717) is 22.4 Å². The van der Waals surface area contributed by atoms with Crippen molar-refractivity contribution in [2.75, 3.05) is 5.32 Å². The lowest BCUT2D eigenvalue weighted by atomic mass is 10.2. The fourth-order valence-corrected chi connectivity index (χ4v) is 2.04. The van der Waals surface area contributed by atoms with Gasteiger partial charge in [0.15, 0.2) is 0 Å². The van der Waals surface area contributed by atoms with E-state index in [9.17, 15) is 4.79 Å². The Hall–Kier alpha value is -1.69. The summed E-state index contributed by atoms with van der Waals surface area (Å²) in [5, 5.41) is 12.1. The molecule has 0 aromatic carbocycles. The number of furan rings is 1. The normalized spacial score (nSPS) is 10.8. The Kier molecular flexibility index (Phi) is 3.23. The predicted molar refractivity (Wildman–Crippen MR) is 65.4 cm³/mol. The Morgan fingerprint density at radius 1 is 1.47 bits per heavy atom. The van der Waals surface area contributed by atoms with Crippen molar-refractivity contribution in [1.29, 1.82) is 0 Å². The van der Waals surface area contributed by atoms with Gasteiger partial charge in [0.1, 0.15) is 10.8 Å². The molecule has 0 atom stereocenters. The van der Waals surface area contributed by atoms with E-state index < -0.39 is 0 Å². The van der Waals surface area contributed by atoms with Crippen LogP contribution in [-0.2, 0) is 0 Å². The highest BCUT2D eigenvalue weighted by Crippen LogP contribution is 2.23. The van der Waals surface area contributed by atoms with Gasteiger partial charge in [0.2, 0.25) is 5.13 Å². The minimum atomic E-state index is -0.220. The smallest absolute Gasteiger partial charge is 0.261 e. The Balaban J connectivity index is 2.11. The summed E-state index contributed by atoms with van der Waals surface area (Å²) in [5.74, 6) is 0.688. The Morgan fingerprint density at radius 3 is 2.76 bits per heavy atom. The number of carbonyl (C=O) groups is 1. The van der Waals surface area contributed by atoms with Gasteiger partial charge in [-0.2, -0.15) is 0 Å². The molecule has 1 amide bonds. The average Bonchev–Trinajstić information content (AvgIpc) is 2.86. The largest absolute Gasteiger partial charge is 0.469 e. The van der Waals surface area contributed by atoms with E-state index in [4.69, 9.17) is 4.42 Å². The van der Waals surface area contributed by atoms with Gasteiger partial charge >= 0.3 is 0 Å². The van der Waals surface area contributed by atoms with Gasteiger partial charge in [-0.3, -0.25) is 10.1 Å². The molecule has 0 unspecified atom stereocenters. The van der Waals surface area contributed by atoms with Crippen molar-refractivity contribution in [2.45, 2.75) is 26.7 Å². The molecule has 5 nitrogen and oxygen atoms in total. The van der Waals surface area contributed by atoms with Crippen LogP contribution in [0.25, 0.3) is 0 Å². The quantitative estimate of drug-likeness (QED) is 0.910. The first-order chi connectivity index (χ1) is 8.08. The molecule has 0 fully saturated rings. The van der Waals surface area contributed by atoms with Gasteiger partial charge < -0.3 is 4.42 Å². The number of aromatic nitrogens is 2. The summed E-state index contributed by atoms with van der Waals surface area (Å²) < 4.78 is 5.07. The Morgan fingerprint density at radius 2 is 2.24 bits per heavy atom. The zero-order valence-corrected chi connectivity index (χ0v) is 10.7. The first-order valence-corrected chi connectivity index (χ1v) is 6.08. The number of aryl methyl sites for hydroxylation is 1. The second kappa shape index (κ2) is 4.67. The molecule has 0 aliphatic carbocycles. The van der Waals surface area contributed by atoms with Crippen LogP contribution in [-0.4, -0.2) is 16.1 Å². The minimum Gasteiger partial charge on any atom is -0.469 e. The van der Waals surface area contributed by atoms with E-state index in [1.165, 1.54) is 17.6 Å². The summed E-state index contributed by atoms with van der Waals surface area (Å²) in [6.45, 7) is 5.81. The van der Waals surface area contributed by atoms with Crippen molar-refractivity contribution in [3.8, 4) is 0 Å². The van der Waals surface area contributed by atoms with Gasteiger partial charge in [-0.1, -0.05) is 25.2 Å². The number of hydrogen-bond donors (Lipinski definition) is 1. The molecular weight excluding hydrogens is 238 g/mol. The third kappa shape index (κ3) is 2.52. The van der Waals surface area contributed by atoms with E-state index in [-0.39, 0.29) is 5.91 Å². The monoisotopic (exact) mass is 251 g/mol. The first-order valence-electron chi connectivity index (χ1n) is 5.26. The van der Waals surface area contributed by atoms with Crippen LogP contribution < -0.4 is 5.32 Å². The van der Waals surface area contributed by atoms with Crippen LogP contribution in [0.1, 0.15) is 40.9 Å².